The van der Waals surface area contributed by atoms with Gasteiger partial charge in [-0.05, 0) is 30.7 Å². The molecule has 1 aromatic rings. The van der Waals surface area contributed by atoms with E-state index < -0.39 is 0 Å². The summed E-state index contributed by atoms with van der Waals surface area (Å²) in [4.78, 5) is 8.87. The van der Waals surface area contributed by atoms with Crippen LogP contribution in [0.1, 0.15) is 51.0 Å². The molecule has 2 rings (SSSR count). The molecule has 1 saturated carbocycles. The number of aromatic nitrogens is 2. The van der Waals surface area contributed by atoms with Crippen molar-refractivity contribution in [2.45, 2.75) is 46.0 Å². The Labute approximate surface area is 96.1 Å². The summed E-state index contributed by atoms with van der Waals surface area (Å²) in [5.74, 6) is 1.52. The van der Waals surface area contributed by atoms with Gasteiger partial charge in [-0.2, -0.15) is 0 Å². The molecule has 1 aliphatic carbocycles. The molecule has 15 heavy (non-hydrogen) atoms. The van der Waals surface area contributed by atoms with E-state index in [4.69, 9.17) is 11.6 Å². The first-order valence-corrected chi connectivity index (χ1v) is 5.85. The maximum atomic E-state index is 6.00. The third-order valence-electron chi connectivity index (χ3n) is 2.42. The van der Waals surface area contributed by atoms with E-state index in [1.54, 1.807) is 0 Å². The van der Waals surface area contributed by atoms with Crippen LogP contribution < -0.4 is 0 Å². The second-order valence-corrected chi connectivity index (χ2v) is 5.94. The molecular formula is C12H17ClN2. The highest BCUT2D eigenvalue weighted by atomic mass is 35.5. The summed E-state index contributed by atoms with van der Waals surface area (Å²) in [5, 5.41) is 0.589. The van der Waals surface area contributed by atoms with Crippen molar-refractivity contribution in [2.24, 2.45) is 5.41 Å². The van der Waals surface area contributed by atoms with Crippen molar-refractivity contribution in [3.05, 3.63) is 22.7 Å². The van der Waals surface area contributed by atoms with Crippen LogP contribution in [0.25, 0.3) is 0 Å². The van der Waals surface area contributed by atoms with Crippen LogP contribution in [0, 0.1) is 5.41 Å². The maximum Gasteiger partial charge on any atom is 0.133 e. The largest absolute Gasteiger partial charge is 0.238 e. The van der Waals surface area contributed by atoms with E-state index in [1.807, 2.05) is 6.07 Å². The van der Waals surface area contributed by atoms with Crippen molar-refractivity contribution >= 4 is 11.6 Å². The summed E-state index contributed by atoms with van der Waals surface area (Å²) < 4.78 is 0. The molecule has 0 unspecified atom stereocenters. The average molecular weight is 225 g/mol. The molecule has 0 bridgehead atoms. The molecule has 1 heterocycles. The van der Waals surface area contributed by atoms with Gasteiger partial charge in [0.25, 0.3) is 0 Å². The van der Waals surface area contributed by atoms with E-state index in [0.717, 1.165) is 17.9 Å². The Morgan fingerprint density at radius 2 is 2.00 bits per heavy atom. The molecule has 1 aliphatic rings. The highest BCUT2D eigenvalue weighted by Gasteiger charge is 2.27. The van der Waals surface area contributed by atoms with Crippen LogP contribution in [-0.2, 0) is 6.42 Å². The lowest BCUT2D eigenvalue weighted by molar-refractivity contribution is 0.405. The van der Waals surface area contributed by atoms with Gasteiger partial charge in [0.1, 0.15) is 11.0 Å². The third-order valence-corrected chi connectivity index (χ3v) is 2.61. The smallest absolute Gasteiger partial charge is 0.133 e. The summed E-state index contributed by atoms with van der Waals surface area (Å²) in [6, 6.07) is 1.89. The Bertz CT molecular complexity index is 364. The molecule has 2 nitrogen and oxygen atoms in total. The van der Waals surface area contributed by atoms with Crippen molar-refractivity contribution in [1.29, 1.82) is 0 Å². The topological polar surface area (TPSA) is 25.8 Å². The molecule has 1 fully saturated rings. The summed E-state index contributed by atoms with van der Waals surface area (Å²) in [6.45, 7) is 6.62. The van der Waals surface area contributed by atoms with Crippen LogP contribution >= 0.6 is 11.6 Å². The average Bonchev–Trinajstić information content (AvgIpc) is 2.80. The minimum Gasteiger partial charge on any atom is -0.238 e. The zero-order valence-electron chi connectivity index (χ0n) is 9.55. The molecule has 0 N–H and O–H groups in total. The monoisotopic (exact) mass is 224 g/mol. The molecule has 0 spiro atoms. The Morgan fingerprint density at radius 1 is 1.33 bits per heavy atom. The predicted octanol–water partition coefficient (Wildman–Crippen LogP) is 3.60. The number of halogens is 1. The fraction of sp³-hybridized carbons (Fsp3) is 0.667. The second kappa shape index (κ2) is 3.75. The van der Waals surface area contributed by atoms with Gasteiger partial charge in [-0.3, -0.25) is 0 Å². The van der Waals surface area contributed by atoms with Crippen molar-refractivity contribution < 1.29 is 0 Å². The van der Waals surface area contributed by atoms with Gasteiger partial charge in [-0.15, -0.1) is 0 Å². The summed E-state index contributed by atoms with van der Waals surface area (Å²) >= 11 is 6.00. The molecular weight excluding hydrogens is 208 g/mol. The molecule has 0 radical (unpaired) electrons. The summed E-state index contributed by atoms with van der Waals surface area (Å²) in [6.07, 6.45) is 3.39. The van der Waals surface area contributed by atoms with E-state index >= 15 is 0 Å². The molecule has 0 saturated heterocycles. The molecule has 0 aromatic carbocycles. The quantitative estimate of drug-likeness (QED) is 0.718. The normalized spacial score (nSPS) is 16.8. The zero-order chi connectivity index (χ0) is 11.1. The van der Waals surface area contributed by atoms with Crippen molar-refractivity contribution in [3.8, 4) is 0 Å². The SMILES string of the molecule is CC(C)(C)Cc1cc(Cl)nc(C2CC2)n1. The standard InChI is InChI=1S/C12H17ClN2/c1-12(2,3)7-9-6-10(13)15-11(14-9)8-4-5-8/h6,8H,4-5,7H2,1-3H3. The lowest BCUT2D eigenvalue weighted by atomic mass is 9.90. The first-order valence-electron chi connectivity index (χ1n) is 5.47. The summed E-state index contributed by atoms with van der Waals surface area (Å²) in [5.41, 5.74) is 1.32. The van der Waals surface area contributed by atoms with Gasteiger partial charge in [0.2, 0.25) is 0 Å². The van der Waals surface area contributed by atoms with Gasteiger partial charge in [-0.25, -0.2) is 9.97 Å². The van der Waals surface area contributed by atoms with Crippen LogP contribution in [0.2, 0.25) is 5.15 Å². The Balaban J connectivity index is 2.23. The molecule has 0 aliphatic heterocycles. The van der Waals surface area contributed by atoms with Gasteiger partial charge in [0.05, 0.1) is 0 Å². The molecule has 82 valence electrons. The van der Waals surface area contributed by atoms with Gasteiger partial charge < -0.3 is 0 Å². The highest BCUT2D eigenvalue weighted by Crippen LogP contribution is 2.38. The summed E-state index contributed by atoms with van der Waals surface area (Å²) in [7, 11) is 0. The van der Waals surface area contributed by atoms with Crippen molar-refractivity contribution in [2.75, 3.05) is 0 Å². The van der Waals surface area contributed by atoms with Crippen LogP contribution in [0.3, 0.4) is 0 Å². The van der Waals surface area contributed by atoms with E-state index in [2.05, 4.69) is 30.7 Å². The van der Waals surface area contributed by atoms with Crippen LogP contribution in [-0.4, -0.2) is 9.97 Å². The van der Waals surface area contributed by atoms with Crippen LogP contribution in [0.4, 0.5) is 0 Å². The van der Waals surface area contributed by atoms with Gasteiger partial charge in [0, 0.05) is 11.6 Å². The molecule has 0 atom stereocenters. The Kier molecular flexibility index (Phi) is 2.72. The Morgan fingerprint density at radius 3 is 2.53 bits per heavy atom. The Hall–Kier alpha value is -0.630. The number of hydrogen-bond acceptors (Lipinski definition) is 2. The molecule has 1 aromatic heterocycles. The number of rotatable bonds is 2. The zero-order valence-corrected chi connectivity index (χ0v) is 10.3. The van der Waals surface area contributed by atoms with Gasteiger partial charge in [0.15, 0.2) is 0 Å². The predicted molar refractivity (Wildman–Crippen MR) is 62.2 cm³/mol. The lowest BCUT2D eigenvalue weighted by Crippen LogP contribution is -2.11. The van der Waals surface area contributed by atoms with E-state index in [1.165, 1.54) is 12.8 Å². The first-order chi connectivity index (χ1) is 6.94. The maximum absolute atomic E-state index is 6.00. The highest BCUT2D eigenvalue weighted by molar-refractivity contribution is 6.29. The fourth-order valence-corrected chi connectivity index (χ4v) is 1.85. The van der Waals surface area contributed by atoms with E-state index in [0.29, 0.717) is 11.1 Å². The van der Waals surface area contributed by atoms with Gasteiger partial charge >= 0.3 is 0 Å². The number of hydrogen-bond donors (Lipinski definition) is 0. The van der Waals surface area contributed by atoms with Crippen molar-refractivity contribution in [1.82, 2.24) is 9.97 Å². The third kappa shape index (κ3) is 3.16. The lowest BCUT2D eigenvalue weighted by Gasteiger charge is -2.17. The minimum absolute atomic E-state index is 0.249. The van der Waals surface area contributed by atoms with E-state index in [-0.39, 0.29) is 5.41 Å². The molecule has 0 amide bonds. The van der Waals surface area contributed by atoms with Crippen LogP contribution in [0.15, 0.2) is 6.07 Å². The first kappa shape index (κ1) is 10.9. The minimum atomic E-state index is 0.249. The number of nitrogens with zero attached hydrogens (tertiary/aromatic N) is 2. The van der Waals surface area contributed by atoms with Crippen LogP contribution in [0.5, 0.6) is 0 Å². The molecule has 3 heteroatoms. The fourth-order valence-electron chi connectivity index (χ4n) is 1.64. The second-order valence-electron chi connectivity index (χ2n) is 5.55. The van der Waals surface area contributed by atoms with Gasteiger partial charge in [-0.1, -0.05) is 32.4 Å². The van der Waals surface area contributed by atoms with E-state index in [9.17, 15) is 0 Å². The van der Waals surface area contributed by atoms with Crippen molar-refractivity contribution in [3.63, 3.8) is 0 Å².